The molecule has 18 nitrogen and oxygen atoms in total. The first kappa shape index (κ1) is 52.5. The normalized spacial score (nSPS) is 45.1. The lowest BCUT2D eigenvalue weighted by molar-refractivity contribution is -0.363. The highest BCUT2D eigenvalue weighted by Crippen LogP contribution is 2.70. The summed E-state index contributed by atoms with van der Waals surface area (Å²) in [6.45, 7) is 8.33. The molecule has 4 saturated carbocycles. The van der Waals surface area contributed by atoms with Crippen molar-refractivity contribution in [3.8, 4) is 0 Å². The third-order valence-corrected chi connectivity index (χ3v) is 18.4. The maximum atomic E-state index is 14.7. The van der Waals surface area contributed by atoms with Crippen molar-refractivity contribution in [1.29, 1.82) is 0 Å². The van der Waals surface area contributed by atoms with Gasteiger partial charge in [-0.15, -0.1) is 0 Å². The van der Waals surface area contributed by atoms with Gasteiger partial charge in [-0.3, -0.25) is 15.4 Å². The van der Waals surface area contributed by atoms with Gasteiger partial charge in [-0.05, 0) is 134 Å². The number of hydrogen-bond acceptors (Lipinski definition) is 16. The average Bonchev–Trinajstić information content (AvgIpc) is 3.80. The smallest absolute Gasteiger partial charge is 0.412 e. The first-order chi connectivity index (χ1) is 34.8. The summed E-state index contributed by atoms with van der Waals surface area (Å²) in [4.78, 5) is 40.4. The molecule has 10 rings (SSSR count). The Labute approximate surface area is 422 Å². The second-order valence-corrected chi connectivity index (χ2v) is 22.7. The van der Waals surface area contributed by atoms with E-state index in [1.165, 1.54) is 24.3 Å². The van der Waals surface area contributed by atoms with Gasteiger partial charge in [0, 0.05) is 36.1 Å². The Hall–Kier alpha value is -3.93. The molecule has 2 unspecified atom stereocenters. The van der Waals surface area contributed by atoms with E-state index in [1.807, 2.05) is 0 Å². The molecule has 20 heteroatoms. The van der Waals surface area contributed by atoms with E-state index in [2.05, 4.69) is 38.3 Å². The Morgan fingerprint density at radius 1 is 0.753 bits per heavy atom. The Balaban J connectivity index is 0.772. The minimum Gasteiger partial charge on any atom is -0.446 e. The zero-order valence-electron chi connectivity index (χ0n) is 41.6. The number of hydrogen-bond donors (Lipinski definition) is 7. The molecule has 402 valence electrons. The highest BCUT2D eigenvalue weighted by molar-refractivity contribution is 5.86. The quantitative estimate of drug-likeness (QED) is 0.147. The molecule has 4 heterocycles. The highest BCUT2D eigenvalue weighted by Gasteiger charge is 2.71. The maximum Gasteiger partial charge on any atom is 0.412 e. The zero-order valence-corrected chi connectivity index (χ0v) is 41.6. The average molecular weight is 1030 g/mol. The van der Waals surface area contributed by atoms with Gasteiger partial charge in [-0.2, -0.15) is 0 Å². The monoisotopic (exact) mass is 1030 g/mol. The van der Waals surface area contributed by atoms with Gasteiger partial charge in [0.05, 0.1) is 25.4 Å². The van der Waals surface area contributed by atoms with E-state index >= 15 is 0 Å². The lowest BCUT2D eigenvalue weighted by atomic mass is 9.44. The molecule has 0 aromatic heterocycles. The van der Waals surface area contributed by atoms with Crippen LogP contribution in [0.3, 0.4) is 0 Å². The number of carbonyl (C=O) groups excluding carboxylic acids is 3. The molecule has 2 amide bonds. The predicted octanol–water partition coefficient (Wildman–Crippen LogP) is 5.41. The van der Waals surface area contributed by atoms with E-state index in [0.29, 0.717) is 49.9 Å². The number of halogens is 2. The lowest BCUT2D eigenvalue weighted by Gasteiger charge is -2.60. The van der Waals surface area contributed by atoms with Crippen LogP contribution in [0.15, 0.2) is 48.5 Å². The molecule has 0 radical (unpaired) electrons. The Morgan fingerprint density at radius 3 is 2.03 bits per heavy atom. The summed E-state index contributed by atoms with van der Waals surface area (Å²) in [6, 6.07) is 9.46. The summed E-state index contributed by atoms with van der Waals surface area (Å²) in [7, 11) is 0. The number of ether oxygens (including phenoxy) is 8. The minimum atomic E-state index is -2.00. The van der Waals surface area contributed by atoms with Crippen molar-refractivity contribution in [3.63, 3.8) is 0 Å². The Morgan fingerprint density at radius 2 is 1.38 bits per heavy atom. The van der Waals surface area contributed by atoms with Crippen molar-refractivity contribution >= 4 is 29.3 Å². The van der Waals surface area contributed by atoms with Crippen LogP contribution in [0, 0.1) is 63.9 Å². The molecule has 2 aromatic carbocycles. The molecule has 1 spiro atoms. The van der Waals surface area contributed by atoms with Gasteiger partial charge in [-0.1, -0.05) is 27.7 Å². The number of ketones is 1. The number of rotatable bonds is 10. The largest absolute Gasteiger partial charge is 0.446 e. The number of Topliss-reactive ketones (excluding diaryl/α,β-unsaturated/α-hetero) is 1. The molecule has 7 N–H and O–H groups in total. The van der Waals surface area contributed by atoms with Crippen LogP contribution in [0.25, 0.3) is 0 Å². The third kappa shape index (κ3) is 9.81. The standard InChI is InChI=1S/C53H70F2N2O16/c1-25-15-18-53(67-23-25)26(2)39-36(73-53)20-34-33-14-5-27-19-32(16-17-51(27,3)40(33)35(59)21-52(34,39)4)68-47-43(62)41(60)45(37(22-58)69-47)71-48-44(63)42(61)46(72-50(65)57-31-12-8-29(55)9-13-31)38(70-48)24-66-49(64)56-30-10-6-28(54)7-11-30/h6-13,25-27,32-34,36-48,58,60-63H,5,14-24H2,1-4H3,(H,56,64)(H,57,65)/t25-,26+,27+,32+,33+,34+,36?,37-,38-,39?,40-,41-,42-,43-,44-,45-,46-,47-,48+,51+,52+,53-/m1/s1. The second kappa shape index (κ2) is 20.5. The number of anilines is 2. The zero-order chi connectivity index (χ0) is 51.7. The number of benzene rings is 2. The van der Waals surface area contributed by atoms with E-state index in [1.54, 1.807) is 0 Å². The molecular formula is C53H70F2N2O16. The molecule has 2 aromatic rings. The van der Waals surface area contributed by atoms with Crippen molar-refractivity contribution in [2.24, 2.45) is 52.3 Å². The fourth-order valence-electron chi connectivity index (χ4n) is 14.8. The summed E-state index contributed by atoms with van der Waals surface area (Å²) >= 11 is 0. The summed E-state index contributed by atoms with van der Waals surface area (Å²) in [5, 5.41) is 61.1. The first-order valence-electron chi connectivity index (χ1n) is 26.0. The molecule has 22 atom stereocenters. The molecule has 8 fully saturated rings. The topological polar surface area (TPSA) is 250 Å². The molecule has 4 aliphatic carbocycles. The minimum absolute atomic E-state index is 0.0754. The van der Waals surface area contributed by atoms with Crippen LogP contribution in [0.5, 0.6) is 0 Å². The van der Waals surface area contributed by atoms with Crippen LogP contribution >= 0.6 is 0 Å². The fraction of sp³-hybridized carbons (Fsp3) is 0.717. The number of amides is 2. The number of fused-ring (bicyclic) bond motifs is 7. The SMILES string of the molecule is C[C@@H]1CC[C@@]2(OC1)OC1C[C@H]3[C@@H]4CC[C@H]5C[C@@H](O[C@@H]6O[C@H](CO)[C@@H](O[C@@H]7O[C@H](COC(=O)Nc8ccc(F)cc8)[C@@H](OC(=O)Nc8ccc(F)cc8)[C@H](O)[C@H]7O)[C@H](O)[C@H]6O)CC[C@]5(C)[C@H]4C(=O)C[C@]3(C)C1[C@@H]2C. The number of nitrogens with one attached hydrogen (secondary N) is 2. The molecule has 4 saturated heterocycles. The van der Waals surface area contributed by atoms with Gasteiger partial charge < -0.3 is 63.4 Å². The first-order valence-corrected chi connectivity index (χ1v) is 26.0. The summed E-state index contributed by atoms with van der Waals surface area (Å²) < 4.78 is 75.6. The van der Waals surface area contributed by atoms with Crippen LogP contribution in [-0.4, -0.2) is 143 Å². The van der Waals surface area contributed by atoms with Crippen LogP contribution in [0.1, 0.15) is 85.5 Å². The number of carbonyl (C=O) groups is 3. The van der Waals surface area contributed by atoms with Crippen molar-refractivity contribution in [1.82, 2.24) is 0 Å². The van der Waals surface area contributed by atoms with Crippen molar-refractivity contribution in [3.05, 3.63) is 60.2 Å². The van der Waals surface area contributed by atoms with E-state index in [-0.39, 0.29) is 57.9 Å². The van der Waals surface area contributed by atoms with Crippen LogP contribution in [-0.2, 0) is 42.7 Å². The molecule has 4 aliphatic heterocycles. The van der Waals surface area contributed by atoms with Crippen molar-refractivity contribution < 1.29 is 86.6 Å². The van der Waals surface area contributed by atoms with Gasteiger partial charge in [0.25, 0.3) is 0 Å². The van der Waals surface area contributed by atoms with Gasteiger partial charge in [0.1, 0.15) is 66.8 Å². The number of aliphatic hydroxyl groups excluding tert-OH is 5. The van der Waals surface area contributed by atoms with E-state index in [4.69, 9.17) is 37.9 Å². The predicted molar refractivity (Wildman–Crippen MR) is 252 cm³/mol. The van der Waals surface area contributed by atoms with Crippen LogP contribution < -0.4 is 10.6 Å². The molecular weight excluding hydrogens is 959 g/mol. The molecule has 8 aliphatic rings. The number of aliphatic hydroxyl groups is 5. The van der Waals surface area contributed by atoms with Crippen LogP contribution in [0.2, 0.25) is 0 Å². The van der Waals surface area contributed by atoms with Gasteiger partial charge in [-0.25, -0.2) is 18.4 Å². The van der Waals surface area contributed by atoms with E-state index in [9.17, 15) is 48.7 Å². The Kier molecular flexibility index (Phi) is 14.8. The Bertz CT molecular complexity index is 2310. The summed E-state index contributed by atoms with van der Waals surface area (Å²) in [6.07, 6.45) is -12.4. The maximum absolute atomic E-state index is 14.7. The van der Waals surface area contributed by atoms with E-state index in [0.717, 1.165) is 56.4 Å². The lowest BCUT2D eigenvalue weighted by Crippen LogP contribution is -2.65. The molecule has 0 bridgehead atoms. The summed E-state index contributed by atoms with van der Waals surface area (Å²) in [5.74, 6) is 0.330. The van der Waals surface area contributed by atoms with Crippen LogP contribution in [0.4, 0.5) is 29.7 Å². The second-order valence-electron chi connectivity index (χ2n) is 22.7. The fourth-order valence-corrected chi connectivity index (χ4v) is 14.8. The third-order valence-electron chi connectivity index (χ3n) is 18.4. The highest BCUT2D eigenvalue weighted by atomic mass is 19.1. The van der Waals surface area contributed by atoms with Crippen molar-refractivity contribution in [2.45, 2.75) is 165 Å². The molecule has 73 heavy (non-hydrogen) atoms. The van der Waals surface area contributed by atoms with Crippen molar-refractivity contribution in [2.75, 3.05) is 30.5 Å². The van der Waals surface area contributed by atoms with Gasteiger partial charge in [0.2, 0.25) is 0 Å². The summed E-state index contributed by atoms with van der Waals surface area (Å²) in [5.41, 5.74) is -0.120. The van der Waals surface area contributed by atoms with Gasteiger partial charge in [0.15, 0.2) is 24.5 Å². The van der Waals surface area contributed by atoms with Gasteiger partial charge >= 0.3 is 12.2 Å². The van der Waals surface area contributed by atoms with E-state index < -0.39 is 110 Å².